The average molecular weight is 338 g/mol. The zero-order valence-corrected chi connectivity index (χ0v) is 14.3. The summed E-state index contributed by atoms with van der Waals surface area (Å²) in [6.07, 6.45) is 0.707. The van der Waals surface area contributed by atoms with Crippen molar-refractivity contribution >= 4 is 23.6 Å². The Balaban J connectivity index is 1.92. The molecule has 3 rings (SSSR count). The van der Waals surface area contributed by atoms with Crippen molar-refractivity contribution in [3.8, 4) is 0 Å². The molecular weight excluding hydrogens is 320 g/mol. The molecule has 4 amide bonds. The van der Waals surface area contributed by atoms with Crippen LogP contribution in [0.3, 0.4) is 0 Å². The van der Waals surface area contributed by atoms with Crippen LogP contribution < -0.4 is 10.6 Å². The Kier molecular flexibility index (Phi) is 4.12. The molecule has 2 heterocycles. The van der Waals surface area contributed by atoms with Crippen LogP contribution in [0.5, 0.6) is 0 Å². The second kappa shape index (κ2) is 6.12. The first-order valence-corrected chi connectivity index (χ1v) is 7.97. The molecular formula is C19H18N2O4. The molecule has 6 nitrogen and oxygen atoms in total. The predicted octanol–water partition coefficient (Wildman–Crippen LogP) is 1.03. The van der Waals surface area contributed by atoms with Crippen LogP contribution >= 0.6 is 0 Å². The quantitative estimate of drug-likeness (QED) is 0.802. The van der Waals surface area contributed by atoms with Gasteiger partial charge in [-0.3, -0.25) is 29.8 Å². The van der Waals surface area contributed by atoms with Crippen molar-refractivity contribution in [2.24, 2.45) is 0 Å². The molecule has 0 bridgehead atoms. The number of hydrogen-bond acceptors (Lipinski definition) is 4. The summed E-state index contributed by atoms with van der Waals surface area (Å²) in [6, 6.07) is 5.65. The topological polar surface area (TPSA) is 92.3 Å². The molecule has 2 aliphatic rings. The van der Waals surface area contributed by atoms with Crippen molar-refractivity contribution in [2.75, 3.05) is 0 Å². The van der Waals surface area contributed by atoms with Crippen LogP contribution in [0.1, 0.15) is 30.5 Å². The van der Waals surface area contributed by atoms with Crippen molar-refractivity contribution in [1.29, 1.82) is 0 Å². The van der Waals surface area contributed by atoms with Crippen molar-refractivity contribution in [3.63, 3.8) is 0 Å². The highest BCUT2D eigenvalue weighted by molar-refractivity contribution is 6.20. The fourth-order valence-corrected chi connectivity index (χ4v) is 3.09. The largest absolute Gasteiger partial charge is 0.289 e. The minimum Gasteiger partial charge on any atom is -0.289 e. The van der Waals surface area contributed by atoms with Gasteiger partial charge in [0.2, 0.25) is 0 Å². The Morgan fingerprint density at radius 3 is 1.40 bits per heavy atom. The standard InChI is InChI=1S/C19H18N2O4/c1-9-12(7-14-10(2)16(22)20-18(14)24)5-4-6-13(9)8-15-11(3)17(23)21-19(15)25/h4-6H,7-8H2,1-3H3,(H,20,22,24)(H,21,23,25). The maximum absolute atomic E-state index is 11.9. The molecule has 0 spiro atoms. The Morgan fingerprint density at radius 1 is 0.680 bits per heavy atom. The third kappa shape index (κ3) is 2.91. The summed E-state index contributed by atoms with van der Waals surface area (Å²) in [5.74, 6) is -1.41. The summed E-state index contributed by atoms with van der Waals surface area (Å²) in [6.45, 7) is 5.19. The molecule has 0 aromatic heterocycles. The molecule has 1 aromatic rings. The molecule has 1 aromatic carbocycles. The van der Waals surface area contributed by atoms with E-state index in [1.807, 2.05) is 25.1 Å². The van der Waals surface area contributed by atoms with E-state index in [2.05, 4.69) is 10.6 Å². The van der Waals surface area contributed by atoms with Crippen molar-refractivity contribution in [1.82, 2.24) is 10.6 Å². The van der Waals surface area contributed by atoms with Crippen molar-refractivity contribution < 1.29 is 19.2 Å². The van der Waals surface area contributed by atoms with Gasteiger partial charge < -0.3 is 0 Å². The average Bonchev–Trinajstić information content (AvgIpc) is 2.94. The lowest BCUT2D eigenvalue weighted by Gasteiger charge is -2.12. The predicted molar refractivity (Wildman–Crippen MR) is 90.3 cm³/mol. The fraction of sp³-hybridized carbons (Fsp3) is 0.263. The number of carbonyl (C=O) groups is 4. The van der Waals surface area contributed by atoms with Crippen LogP contribution in [-0.2, 0) is 32.0 Å². The lowest BCUT2D eigenvalue weighted by atomic mass is 9.92. The van der Waals surface area contributed by atoms with E-state index in [0.29, 0.717) is 35.1 Å². The van der Waals surface area contributed by atoms with Gasteiger partial charge in [0.1, 0.15) is 0 Å². The van der Waals surface area contributed by atoms with Crippen LogP contribution in [0.25, 0.3) is 0 Å². The molecule has 0 atom stereocenters. The van der Waals surface area contributed by atoms with Gasteiger partial charge in [-0.15, -0.1) is 0 Å². The van der Waals surface area contributed by atoms with Gasteiger partial charge in [0.05, 0.1) is 0 Å². The lowest BCUT2D eigenvalue weighted by Crippen LogP contribution is -2.23. The third-order valence-corrected chi connectivity index (χ3v) is 4.88. The third-order valence-electron chi connectivity index (χ3n) is 4.88. The minimum atomic E-state index is -0.355. The van der Waals surface area contributed by atoms with E-state index in [9.17, 15) is 19.2 Å². The van der Waals surface area contributed by atoms with Gasteiger partial charge in [0, 0.05) is 35.1 Å². The smallest absolute Gasteiger partial charge is 0.254 e. The van der Waals surface area contributed by atoms with Gasteiger partial charge >= 0.3 is 0 Å². The highest BCUT2D eigenvalue weighted by Crippen LogP contribution is 2.25. The Morgan fingerprint density at radius 2 is 1.08 bits per heavy atom. The first-order chi connectivity index (χ1) is 11.8. The number of imide groups is 2. The van der Waals surface area contributed by atoms with Crippen LogP contribution in [0.15, 0.2) is 40.5 Å². The molecule has 128 valence electrons. The van der Waals surface area contributed by atoms with Crippen molar-refractivity contribution in [3.05, 3.63) is 57.2 Å². The van der Waals surface area contributed by atoms with Gasteiger partial charge in [-0.1, -0.05) is 18.2 Å². The summed E-state index contributed by atoms with van der Waals surface area (Å²) in [4.78, 5) is 47.0. The van der Waals surface area contributed by atoms with Gasteiger partial charge in [-0.2, -0.15) is 0 Å². The maximum Gasteiger partial charge on any atom is 0.254 e. The van der Waals surface area contributed by atoms with Crippen LogP contribution in [0.4, 0.5) is 0 Å². The number of hydrogen-bond donors (Lipinski definition) is 2. The first-order valence-electron chi connectivity index (χ1n) is 7.97. The number of nitrogens with one attached hydrogen (secondary N) is 2. The fourth-order valence-electron chi connectivity index (χ4n) is 3.09. The van der Waals surface area contributed by atoms with E-state index in [1.54, 1.807) is 13.8 Å². The molecule has 0 radical (unpaired) electrons. The highest BCUT2D eigenvalue weighted by Gasteiger charge is 2.29. The molecule has 25 heavy (non-hydrogen) atoms. The Hall–Kier alpha value is -3.02. The molecule has 2 aliphatic heterocycles. The number of amides is 4. The molecule has 6 heteroatoms. The zero-order valence-electron chi connectivity index (χ0n) is 14.3. The zero-order chi connectivity index (χ0) is 18.3. The molecule has 0 unspecified atom stereocenters. The van der Waals surface area contributed by atoms with Crippen molar-refractivity contribution in [2.45, 2.75) is 33.6 Å². The van der Waals surface area contributed by atoms with Crippen LogP contribution in [0, 0.1) is 6.92 Å². The lowest BCUT2D eigenvalue weighted by molar-refractivity contribution is -0.125. The Labute approximate surface area is 145 Å². The van der Waals surface area contributed by atoms with Gasteiger partial charge in [0.15, 0.2) is 0 Å². The first kappa shape index (κ1) is 16.8. The van der Waals surface area contributed by atoms with Gasteiger partial charge in [0.25, 0.3) is 23.6 Å². The van der Waals surface area contributed by atoms with Gasteiger partial charge in [-0.25, -0.2) is 0 Å². The monoisotopic (exact) mass is 338 g/mol. The Bertz CT molecular complexity index is 836. The van der Waals surface area contributed by atoms with E-state index < -0.39 is 0 Å². The second-order valence-electron chi connectivity index (χ2n) is 6.33. The summed E-state index contributed by atoms with van der Waals surface area (Å²) in [5, 5.41) is 4.59. The second-order valence-corrected chi connectivity index (χ2v) is 6.33. The SMILES string of the molecule is CC1=C(Cc2cccc(CC3=C(C)C(=O)NC3=O)c2C)C(=O)NC1=O. The summed E-state index contributed by atoms with van der Waals surface area (Å²) in [5.41, 5.74) is 4.59. The molecule has 0 fully saturated rings. The highest BCUT2D eigenvalue weighted by atomic mass is 16.2. The summed E-state index contributed by atoms with van der Waals surface area (Å²) in [7, 11) is 0. The molecule has 0 saturated heterocycles. The van der Waals surface area contributed by atoms with E-state index >= 15 is 0 Å². The number of carbonyl (C=O) groups excluding carboxylic acids is 4. The van der Waals surface area contributed by atoms with E-state index in [0.717, 1.165) is 16.7 Å². The van der Waals surface area contributed by atoms with Gasteiger partial charge in [-0.05, 0) is 37.5 Å². The maximum atomic E-state index is 11.9. The normalized spacial score (nSPS) is 17.6. The van der Waals surface area contributed by atoms with Crippen LogP contribution in [0.2, 0.25) is 0 Å². The van der Waals surface area contributed by atoms with Crippen LogP contribution in [-0.4, -0.2) is 23.6 Å². The molecule has 0 aliphatic carbocycles. The van der Waals surface area contributed by atoms with E-state index in [-0.39, 0.29) is 23.6 Å². The number of benzene rings is 1. The molecule has 0 saturated carbocycles. The summed E-state index contributed by atoms with van der Waals surface area (Å²) >= 11 is 0. The molecule has 2 N–H and O–H groups in total. The summed E-state index contributed by atoms with van der Waals surface area (Å²) < 4.78 is 0. The van der Waals surface area contributed by atoms with E-state index in [4.69, 9.17) is 0 Å². The minimum absolute atomic E-state index is 0.351. The number of rotatable bonds is 4. The van der Waals surface area contributed by atoms with E-state index in [1.165, 1.54) is 0 Å².